The van der Waals surface area contributed by atoms with Gasteiger partial charge in [0.05, 0.1) is 25.4 Å². The maximum absolute atomic E-state index is 5.67. The molecule has 0 aromatic rings. The second-order valence-electron chi connectivity index (χ2n) is 7.30. The summed E-state index contributed by atoms with van der Waals surface area (Å²) in [7, 11) is 1.75. The highest BCUT2D eigenvalue weighted by molar-refractivity contribution is 14.0. The number of methoxy groups -OCH3 is 1. The molecule has 6 nitrogen and oxygen atoms in total. The molecule has 2 unspecified atom stereocenters. The van der Waals surface area contributed by atoms with Crippen LogP contribution in [0.3, 0.4) is 0 Å². The SMILES string of the molecule is CCNC(=NCC(OC)C(C)(C)C)NCCCOCC1CCCO1.I. The molecule has 7 heteroatoms. The zero-order chi connectivity index (χ0) is 17.8. The molecule has 0 saturated carbocycles. The zero-order valence-electron chi connectivity index (χ0n) is 16.6. The number of halogens is 1. The van der Waals surface area contributed by atoms with Crippen molar-refractivity contribution in [1.82, 2.24) is 10.6 Å². The number of hydrogen-bond acceptors (Lipinski definition) is 4. The molecule has 1 fully saturated rings. The van der Waals surface area contributed by atoms with E-state index in [9.17, 15) is 0 Å². The van der Waals surface area contributed by atoms with Crippen molar-refractivity contribution in [3.05, 3.63) is 0 Å². The van der Waals surface area contributed by atoms with Gasteiger partial charge in [0.1, 0.15) is 0 Å². The predicted molar refractivity (Wildman–Crippen MR) is 114 cm³/mol. The molecular formula is C18H38IN3O3. The summed E-state index contributed by atoms with van der Waals surface area (Å²) >= 11 is 0. The van der Waals surface area contributed by atoms with E-state index in [2.05, 4.69) is 43.3 Å². The molecule has 2 N–H and O–H groups in total. The number of aliphatic imine (C=N–C) groups is 1. The molecule has 25 heavy (non-hydrogen) atoms. The number of hydrogen-bond donors (Lipinski definition) is 2. The Kier molecular flexibility index (Phi) is 13.9. The Balaban J connectivity index is 0.00000576. The molecule has 1 heterocycles. The third kappa shape index (κ3) is 11.2. The van der Waals surface area contributed by atoms with E-state index in [0.29, 0.717) is 12.6 Å². The fourth-order valence-corrected chi connectivity index (χ4v) is 2.59. The topological polar surface area (TPSA) is 64.1 Å². The first-order chi connectivity index (χ1) is 11.5. The zero-order valence-corrected chi connectivity index (χ0v) is 18.9. The van der Waals surface area contributed by atoms with Crippen LogP contribution in [0.15, 0.2) is 4.99 Å². The fourth-order valence-electron chi connectivity index (χ4n) is 2.59. The van der Waals surface area contributed by atoms with Gasteiger partial charge in [-0.15, -0.1) is 24.0 Å². The van der Waals surface area contributed by atoms with Crippen molar-refractivity contribution in [3.63, 3.8) is 0 Å². The van der Waals surface area contributed by atoms with Crippen LogP contribution in [0.4, 0.5) is 0 Å². The molecule has 0 aromatic heterocycles. The molecule has 1 rings (SSSR count). The van der Waals surface area contributed by atoms with Crippen LogP contribution in [0.25, 0.3) is 0 Å². The highest BCUT2D eigenvalue weighted by atomic mass is 127. The molecule has 0 spiro atoms. The molecule has 0 aromatic carbocycles. The van der Waals surface area contributed by atoms with Gasteiger partial charge in [0.25, 0.3) is 0 Å². The van der Waals surface area contributed by atoms with Gasteiger partial charge in [-0.1, -0.05) is 20.8 Å². The summed E-state index contributed by atoms with van der Waals surface area (Å²) in [5.74, 6) is 0.836. The summed E-state index contributed by atoms with van der Waals surface area (Å²) < 4.78 is 16.8. The molecule has 1 aliphatic heterocycles. The van der Waals surface area contributed by atoms with E-state index in [0.717, 1.165) is 58.1 Å². The lowest BCUT2D eigenvalue weighted by Gasteiger charge is -2.28. The molecule has 0 aliphatic carbocycles. The van der Waals surface area contributed by atoms with Crippen molar-refractivity contribution in [2.75, 3.05) is 46.6 Å². The Morgan fingerprint density at radius 3 is 2.64 bits per heavy atom. The quantitative estimate of drug-likeness (QED) is 0.222. The summed E-state index contributed by atoms with van der Waals surface area (Å²) in [5.41, 5.74) is 0.0751. The van der Waals surface area contributed by atoms with Crippen LogP contribution in [0.1, 0.15) is 47.0 Å². The van der Waals surface area contributed by atoms with E-state index < -0.39 is 0 Å². The van der Waals surface area contributed by atoms with Crippen LogP contribution in [0.5, 0.6) is 0 Å². The van der Waals surface area contributed by atoms with E-state index in [4.69, 9.17) is 14.2 Å². The monoisotopic (exact) mass is 471 g/mol. The summed E-state index contributed by atoms with van der Waals surface area (Å²) in [5, 5.41) is 6.62. The van der Waals surface area contributed by atoms with Gasteiger partial charge in [0.15, 0.2) is 5.96 Å². The summed E-state index contributed by atoms with van der Waals surface area (Å²) in [6.45, 7) is 13.2. The van der Waals surface area contributed by atoms with Crippen molar-refractivity contribution in [3.8, 4) is 0 Å². The minimum absolute atomic E-state index is 0. The third-order valence-corrected chi connectivity index (χ3v) is 4.10. The first kappa shape index (κ1) is 24.9. The lowest BCUT2D eigenvalue weighted by atomic mass is 9.89. The molecule has 150 valence electrons. The molecule has 1 saturated heterocycles. The number of rotatable bonds is 10. The number of guanidine groups is 1. The second-order valence-corrected chi connectivity index (χ2v) is 7.30. The summed E-state index contributed by atoms with van der Waals surface area (Å²) in [4.78, 5) is 4.64. The van der Waals surface area contributed by atoms with Gasteiger partial charge >= 0.3 is 0 Å². The van der Waals surface area contributed by atoms with Gasteiger partial charge in [-0.2, -0.15) is 0 Å². The highest BCUT2D eigenvalue weighted by Gasteiger charge is 2.24. The Morgan fingerprint density at radius 1 is 1.32 bits per heavy atom. The van der Waals surface area contributed by atoms with Crippen LogP contribution < -0.4 is 10.6 Å². The molecule has 1 aliphatic rings. The maximum atomic E-state index is 5.67. The summed E-state index contributed by atoms with van der Waals surface area (Å²) in [6, 6.07) is 0. The smallest absolute Gasteiger partial charge is 0.191 e. The van der Waals surface area contributed by atoms with Crippen LogP contribution in [0.2, 0.25) is 0 Å². The van der Waals surface area contributed by atoms with Gasteiger partial charge in [-0.25, -0.2) is 0 Å². The molecule has 0 amide bonds. The Morgan fingerprint density at radius 2 is 2.08 bits per heavy atom. The van der Waals surface area contributed by atoms with E-state index >= 15 is 0 Å². The van der Waals surface area contributed by atoms with E-state index in [-0.39, 0.29) is 35.5 Å². The van der Waals surface area contributed by atoms with Crippen molar-refractivity contribution >= 4 is 29.9 Å². The largest absolute Gasteiger partial charge is 0.379 e. The first-order valence-corrected chi connectivity index (χ1v) is 9.21. The fraction of sp³-hybridized carbons (Fsp3) is 0.944. The van der Waals surface area contributed by atoms with Crippen LogP contribution in [-0.2, 0) is 14.2 Å². The van der Waals surface area contributed by atoms with Gasteiger partial charge in [0, 0.05) is 33.4 Å². The molecule has 0 radical (unpaired) electrons. The van der Waals surface area contributed by atoms with Crippen molar-refractivity contribution < 1.29 is 14.2 Å². The van der Waals surface area contributed by atoms with Gasteiger partial charge in [-0.3, -0.25) is 4.99 Å². The first-order valence-electron chi connectivity index (χ1n) is 9.21. The minimum Gasteiger partial charge on any atom is -0.379 e. The average Bonchev–Trinajstić information content (AvgIpc) is 3.03. The van der Waals surface area contributed by atoms with Gasteiger partial charge < -0.3 is 24.8 Å². The van der Waals surface area contributed by atoms with Crippen LogP contribution in [-0.4, -0.2) is 64.7 Å². The maximum Gasteiger partial charge on any atom is 0.191 e. The van der Waals surface area contributed by atoms with Crippen molar-refractivity contribution in [2.24, 2.45) is 10.4 Å². The normalized spacial score (nSPS) is 19.4. The number of nitrogens with one attached hydrogen (secondary N) is 2. The number of ether oxygens (including phenoxy) is 3. The number of nitrogens with zero attached hydrogens (tertiary/aromatic N) is 1. The minimum atomic E-state index is 0. The second kappa shape index (κ2) is 14.0. The van der Waals surface area contributed by atoms with Crippen molar-refractivity contribution in [2.45, 2.75) is 59.2 Å². The average molecular weight is 471 g/mol. The van der Waals surface area contributed by atoms with Gasteiger partial charge in [-0.05, 0) is 31.6 Å². The lowest BCUT2D eigenvalue weighted by Crippen LogP contribution is -2.40. The van der Waals surface area contributed by atoms with E-state index in [1.54, 1.807) is 7.11 Å². The standard InChI is InChI=1S/C18H37N3O3.HI/c1-6-19-17(21-13-16(22-5)18(2,3)4)20-10-8-11-23-14-15-9-7-12-24-15;/h15-16H,6-14H2,1-5H3,(H2,19,20,21);1H. The summed E-state index contributed by atoms with van der Waals surface area (Å²) in [6.07, 6.45) is 3.64. The molecular weight excluding hydrogens is 433 g/mol. The van der Waals surface area contributed by atoms with Crippen LogP contribution in [0, 0.1) is 5.41 Å². The predicted octanol–water partition coefficient (Wildman–Crippen LogP) is 2.81. The molecule has 0 bridgehead atoms. The Hall–Kier alpha value is -0.120. The van der Waals surface area contributed by atoms with E-state index in [1.807, 2.05) is 0 Å². The molecule has 2 atom stereocenters. The lowest BCUT2D eigenvalue weighted by molar-refractivity contribution is 0.0168. The van der Waals surface area contributed by atoms with Crippen molar-refractivity contribution in [1.29, 1.82) is 0 Å². The Labute approximate surface area is 170 Å². The van der Waals surface area contributed by atoms with E-state index in [1.165, 1.54) is 0 Å². The van der Waals surface area contributed by atoms with Gasteiger partial charge in [0.2, 0.25) is 0 Å². The highest BCUT2D eigenvalue weighted by Crippen LogP contribution is 2.21. The third-order valence-electron chi connectivity index (χ3n) is 4.10. The Bertz CT molecular complexity index is 356. The van der Waals surface area contributed by atoms with Crippen LogP contribution >= 0.6 is 24.0 Å².